The number of aromatic amines is 1. The van der Waals surface area contributed by atoms with Crippen molar-refractivity contribution in [3.63, 3.8) is 0 Å². The molecule has 0 fully saturated rings. The molecule has 32 heavy (non-hydrogen) atoms. The van der Waals surface area contributed by atoms with Gasteiger partial charge in [0, 0.05) is 5.39 Å². The van der Waals surface area contributed by atoms with Crippen molar-refractivity contribution in [2.75, 3.05) is 10.6 Å². The average Bonchev–Trinajstić information content (AvgIpc) is 3.34. The minimum Gasteiger partial charge on any atom is -0.460 e. The number of hydrogen-bond acceptors (Lipinski definition) is 4. The molecule has 6 nitrogen and oxygen atoms in total. The van der Waals surface area contributed by atoms with Crippen molar-refractivity contribution in [1.29, 1.82) is 0 Å². The van der Waals surface area contributed by atoms with E-state index in [1.165, 1.54) is 12.1 Å². The lowest BCUT2D eigenvalue weighted by Gasteiger charge is -2.07. The number of aryl methyl sites for hydroxylation is 1. The van der Waals surface area contributed by atoms with E-state index in [1.54, 1.807) is 49.4 Å². The summed E-state index contributed by atoms with van der Waals surface area (Å²) < 4.78 is 19.8. The van der Waals surface area contributed by atoms with Gasteiger partial charge in [0.15, 0.2) is 0 Å². The van der Waals surface area contributed by atoms with Crippen LogP contribution < -0.4 is 10.6 Å². The zero-order chi connectivity index (χ0) is 22.4. The second kappa shape index (κ2) is 7.85. The van der Waals surface area contributed by atoms with Crippen molar-refractivity contribution in [3.8, 4) is 0 Å². The lowest BCUT2D eigenvalue weighted by Crippen LogP contribution is -2.13. The summed E-state index contributed by atoms with van der Waals surface area (Å²) in [6.07, 6.45) is 0. The van der Waals surface area contributed by atoms with E-state index in [-0.39, 0.29) is 11.3 Å². The van der Waals surface area contributed by atoms with E-state index in [4.69, 9.17) is 27.6 Å². The molecule has 0 saturated carbocycles. The van der Waals surface area contributed by atoms with Crippen LogP contribution in [0.5, 0.6) is 0 Å². The van der Waals surface area contributed by atoms with Gasteiger partial charge < -0.3 is 20.0 Å². The van der Waals surface area contributed by atoms with Gasteiger partial charge in [-0.3, -0.25) is 4.79 Å². The summed E-state index contributed by atoms with van der Waals surface area (Å²) in [6.45, 7) is 1.78. The number of anilines is 3. The Balaban J connectivity index is 1.60. The van der Waals surface area contributed by atoms with Crippen molar-refractivity contribution in [2.45, 2.75) is 6.92 Å². The molecule has 3 N–H and O–H groups in total. The van der Waals surface area contributed by atoms with E-state index in [0.717, 1.165) is 0 Å². The number of amides is 1. The predicted octanol–water partition coefficient (Wildman–Crippen LogP) is 7.06. The second-order valence-electron chi connectivity index (χ2n) is 7.16. The fraction of sp³-hybridized carbons (Fsp3) is 0.0435. The predicted molar refractivity (Wildman–Crippen MR) is 125 cm³/mol. The molecule has 0 radical (unpaired) electrons. The molecule has 0 aliphatic carbocycles. The number of rotatable bonds is 4. The lowest BCUT2D eigenvalue weighted by molar-refractivity contribution is 0.102. The van der Waals surface area contributed by atoms with E-state index in [1.807, 2.05) is 0 Å². The van der Waals surface area contributed by atoms with Crippen LogP contribution in [0.3, 0.4) is 0 Å². The molecule has 0 atom stereocenters. The Morgan fingerprint density at radius 1 is 1.09 bits per heavy atom. The number of hydrogen-bond donors (Lipinski definition) is 3. The molecular weight excluding hydrogens is 454 g/mol. The Labute approximate surface area is 191 Å². The van der Waals surface area contributed by atoms with Crippen LogP contribution in [0.25, 0.3) is 22.0 Å². The van der Waals surface area contributed by atoms with Crippen LogP contribution in [-0.4, -0.2) is 15.9 Å². The van der Waals surface area contributed by atoms with Gasteiger partial charge >= 0.3 is 0 Å². The van der Waals surface area contributed by atoms with Gasteiger partial charge in [0.25, 0.3) is 5.91 Å². The first kappa shape index (κ1) is 20.4. The number of H-pyrrole nitrogens is 1. The van der Waals surface area contributed by atoms with Crippen LogP contribution in [0.1, 0.15) is 16.1 Å². The van der Waals surface area contributed by atoms with E-state index >= 15 is 0 Å². The molecule has 1 amide bonds. The maximum atomic E-state index is 14.0. The third-order valence-corrected chi connectivity index (χ3v) is 5.58. The van der Waals surface area contributed by atoms with E-state index in [9.17, 15) is 9.18 Å². The SMILES string of the molecule is Cc1cc2c(o1)c(C(=O)Nc1ccccc1F)cc1[nH]c(Nc3c(Cl)cccc3Cl)nc12. The topological polar surface area (TPSA) is 83.0 Å². The van der Waals surface area contributed by atoms with Gasteiger partial charge in [0.1, 0.15) is 22.7 Å². The Morgan fingerprint density at radius 2 is 1.84 bits per heavy atom. The molecule has 2 heterocycles. The number of fused-ring (bicyclic) bond motifs is 3. The Bertz CT molecular complexity index is 1490. The van der Waals surface area contributed by atoms with Gasteiger partial charge in [-0.25, -0.2) is 9.37 Å². The van der Waals surface area contributed by atoms with Gasteiger partial charge in [-0.05, 0) is 43.3 Å². The standard InChI is InChI=1S/C23H15Cl2FN4O2/c1-11-9-12-19-18(28-23(29-19)30-20-14(24)5-4-6-15(20)25)10-13(21(12)32-11)22(31)27-17-8-3-2-7-16(17)26/h2-10H,1H3,(H,27,31)(H2,28,29,30). The third kappa shape index (κ3) is 3.55. The molecule has 0 saturated heterocycles. The van der Waals surface area contributed by atoms with Crippen LogP contribution in [0.2, 0.25) is 10.0 Å². The van der Waals surface area contributed by atoms with Crippen molar-refractivity contribution < 1.29 is 13.6 Å². The van der Waals surface area contributed by atoms with E-state index in [2.05, 4.69) is 20.6 Å². The van der Waals surface area contributed by atoms with Gasteiger partial charge in [-0.15, -0.1) is 0 Å². The molecule has 3 aromatic carbocycles. The summed E-state index contributed by atoms with van der Waals surface area (Å²) in [5.41, 5.74) is 2.38. The molecule has 5 aromatic rings. The molecule has 0 aliphatic rings. The summed E-state index contributed by atoms with van der Waals surface area (Å²) in [5.74, 6) is -0.0334. The number of imidazole rings is 1. The Kier molecular flexibility index (Phi) is 5.00. The maximum Gasteiger partial charge on any atom is 0.259 e. The van der Waals surface area contributed by atoms with Crippen LogP contribution in [-0.2, 0) is 0 Å². The molecule has 160 valence electrons. The first-order chi connectivity index (χ1) is 15.4. The highest BCUT2D eigenvalue weighted by molar-refractivity contribution is 6.39. The van der Waals surface area contributed by atoms with E-state index < -0.39 is 11.7 Å². The number of para-hydroxylation sites is 2. The molecule has 9 heteroatoms. The summed E-state index contributed by atoms with van der Waals surface area (Å²) in [6, 6.07) is 14.5. The zero-order valence-corrected chi connectivity index (χ0v) is 18.1. The summed E-state index contributed by atoms with van der Waals surface area (Å²) in [7, 11) is 0. The minimum absolute atomic E-state index is 0.0781. The maximum absolute atomic E-state index is 14.0. The highest BCUT2D eigenvalue weighted by Gasteiger charge is 2.21. The second-order valence-corrected chi connectivity index (χ2v) is 7.98. The molecule has 0 unspecified atom stereocenters. The third-order valence-electron chi connectivity index (χ3n) is 4.95. The van der Waals surface area contributed by atoms with Crippen LogP contribution in [0, 0.1) is 12.7 Å². The van der Waals surface area contributed by atoms with Crippen molar-refractivity contribution in [2.24, 2.45) is 0 Å². The molecular formula is C23H15Cl2FN4O2. The first-order valence-electron chi connectivity index (χ1n) is 9.60. The van der Waals surface area contributed by atoms with Crippen molar-refractivity contribution in [1.82, 2.24) is 9.97 Å². The summed E-state index contributed by atoms with van der Waals surface area (Å²) in [5, 5.41) is 7.20. The number of nitrogens with one attached hydrogen (secondary N) is 3. The van der Waals surface area contributed by atoms with Gasteiger partial charge in [-0.1, -0.05) is 41.4 Å². The molecule has 5 rings (SSSR count). The summed E-state index contributed by atoms with van der Waals surface area (Å²) >= 11 is 12.5. The zero-order valence-electron chi connectivity index (χ0n) is 16.6. The van der Waals surface area contributed by atoms with Gasteiger partial charge in [-0.2, -0.15) is 0 Å². The number of halogens is 3. The van der Waals surface area contributed by atoms with Crippen LogP contribution in [0.4, 0.5) is 21.7 Å². The largest absolute Gasteiger partial charge is 0.460 e. The number of carbonyl (C=O) groups excluding carboxylic acids is 1. The quantitative estimate of drug-likeness (QED) is 0.263. The van der Waals surface area contributed by atoms with Crippen LogP contribution >= 0.6 is 23.2 Å². The fourth-order valence-corrected chi connectivity index (χ4v) is 4.00. The Morgan fingerprint density at radius 3 is 2.59 bits per heavy atom. The van der Waals surface area contributed by atoms with Crippen LogP contribution in [0.15, 0.2) is 59.0 Å². The Hall–Kier alpha value is -3.55. The summed E-state index contributed by atoms with van der Waals surface area (Å²) in [4.78, 5) is 20.7. The van der Waals surface area contributed by atoms with Crippen molar-refractivity contribution in [3.05, 3.63) is 81.8 Å². The molecule has 2 aromatic heterocycles. The number of furan rings is 1. The molecule has 0 spiro atoms. The number of benzene rings is 3. The average molecular weight is 469 g/mol. The normalized spacial score (nSPS) is 11.2. The minimum atomic E-state index is -0.529. The number of nitrogens with zero attached hydrogens (tertiary/aromatic N) is 1. The lowest BCUT2D eigenvalue weighted by atomic mass is 10.1. The van der Waals surface area contributed by atoms with Gasteiger partial charge in [0.2, 0.25) is 5.95 Å². The highest BCUT2D eigenvalue weighted by Crippen LogP contribution is 2.35. The van der Waals surface area contributed by atoms with Gasteiger partial charge in [0.05, 0.1) is 32.5 Å². The molecule has 0 bridgehead atoms. The smallest absolute Gasteiger partial charge is 0.259 e. The first-order valence-corrected chi connectivity index (χ1v) is 10.4. The van der Waals surface area contributed by atoms with E-state index in [0.29, 0.717) is 49.4 Å². The fourth-order valence-electron chi connectivity index (χ4n) is 3.51. The number of aromatic nitrogens is 2. The number of carbonyl (C=O) groups is 1. The molecule has 0 aliphatic heterocycles. The monoisotopic (exact) mass is 468 g/mol. The van der Waals surface area contributed by atoms with Crippen molar-refractivity contribution >= 4 is 68.4 Å². The highest BCUT2D eigenvalue weighted by atomic mass is 35.5.